The van der Waals surface area contributed by atoms with Crippen LogP contribution in [0.3, 0.4) is 0 Å². The van der Waals surface area contributed by atoms with E-state index in [1.165, 1.54) is 0 Å². The predicted octanol–water partition coefficient (Wildman–Crippen LogP) is 3.60. The second-order valence-corrected chi connectivity index (χ2v) is 4.92. The molecule has 2 aromatic rings. The molecule has 0 atom stereocenters. The molecule has 90 valence electrons. The maximum atomic E-state index is 5.71. The van der Waals surface area contributed by atoms with E-state index in [9.17, 15) is 0 Å². The summed E-state index contributed by atoms with van der Waals surface area (Å²) in [4.78, 5) is 4.16. The molecule has 1 aromatic heterocycles. The van der Waals surface area contributed by atoms with Crippen molar-refractivity contribution in [3.63, 3.8) is 0 Å². The molecule has 2 N–H and O–H groups in total. The summed E-state index contributed by atoms with van der Waals surface area (Å²) in [5.74, 6) is 1.19. The summed E-state index contributed by atoms with van der Waals surface area (Å²) in [7, 11) is 0. The van der Waals surface area contributed by atoms with Gasteiger partial charge in [0.05, 0.1) is 6.20 Å². The lowest BCUT2D eigenvalue weighted by atomic mass is 10.3. The third-order valence-corrected chi connectivity index (χ3v) is 2.77. The van der Waals surface area contributed by atoms with Crippen LogP contribution in [-0.2, 0) is 0 Å². The van der Waals surface area contributed by atoms with Crippen molar-refractivity contribution in [1.82, 2.24) is 9.55 Å². The fourth-order valence-corrected chi connectivity index (χ4v) is 1.85. The van der Waals surface area contributed by atoms with E-state index < -0.39 is 0 Å². The number of nitrogens with zero attached hydrogens (tertiary/aromatic N) is 2. The highest BCUT2D eigenvalue weighted by Gasteiger charge is 2.11. The zero-order valence-electron chi connectivity index (χ0n) is 9.72. The molecule has 0 spiro atoms. The number of nitrogen functional groups attached to an aromatic ring is 1. The highest BCUT2D eigenvalue weighted by atomic mass is 79.9. The molecule has 17 heavy (non-hydrogen) atoms. The Morgan fingerprint density at radius 1 is 1.41 bits per heavy atom. The van der Waals surface area contributed by atoms with E-state index in [1.54, 1.807) is 6.20 Å². The number of aromatic nitrogens is 2. The summed E-state index contributed by atoms with van der Waals surface area (Å²) in [6, 6.07) is 8.37. The number of halogens is 1. The second-order valence-electron chi connectivity index (χ2n) is 4.01. The minimum absolute atomic E-state index is 0.252. The zero-order chi connectivity index (χ0) is 12.4. The van der Waals surface area contributed by atoms with E-state index in [4.69, 9.17) is 10.5 Å². The number of ether oxygens (including phenoxy) is 1. The van der Waals surface area contributed by atoms with Crippen molar-refractivity contribution in [2.45, 2.75) is 19.9 Å². The first-order chi connectivity index (χ1) is 8.06. The standard InChI is InChI=1S/C12H14BrN3O/c1-8(2)16-7-11(14)15-12(16)17-10-5-3-4-9(13)6-10/h3-8H,14H2,1-2H3. The summed E-state index contributed by atoms with van der Waals surface area (Å²) < 4.78 is 8.58. The Morgan fingerprint density at radius 2 is 2.18 bits per heavy atom. The number of nitrogens with two attached hydrogens (primary N) is 1. The lowest BCUT2D eigenvalue weighted by Crippen LogP contribution is -2.01. The largest absolute Gasteiger partial charge is 0.425 e. The van der Waals surface area contributed by atoms with Crippen LogP contribution >= 0.6 is 15.9 Å². The van der Waals surface area contributed by atoms with Gasteiger partial charge in [0.1, 0.15) is 11.6 Å². The molecule has 0 aliphatic heterocycles. The van der Waals surface area contributed by atoms with Crippen LogP contribution in [0.1, 0.15) is 19.9 Å². The number of hydrogen-bond donors (Lipinski definition) is 1. The van der Waals surface area contributed by atoms with Gasteiger partial charge in [-0.3, -0.25) is 4.57 Å². The van der Waals surface area contributed by atoms with E-state index in [1.807, 2.05) is 28.8 Å². The van der Waals surface area contributed by atoms with E-state index in [2.05, 4.69) is 34.8 Å². The van der Waals surface area contributed by atoms with Crippen LogP contribution in [0.25, 0.3) is 0 Å². The number of benzene rings is 1. The van der Waals surface area contributed by atoms with Crippen LogP contribution in [0, 0.1) is 0 Å². The quantitative estimate of drug-likeness (QED) is 0.941. The number of imidazole rings is 1. The lowest BCUT2D eigenvalue weighted by molar-refractivity contribution is 0.395. The average Bonchev–Trinajstić information content (AvgIpc) is 2.59. The van der Waals surface area contributed by atoms with Crippen molar-refractivity contribution in [3.8, 4) is 11.8 Å². The minimum Gasteiger partial charge on any atom is -0.425 e. The molecule has 0 saturated heterocycles. The molecule has 5 heteroatoms. The Labute approximate surface area is 109 Å². The van der Waals surface area contributed by atoms with E-state index in [0.717, 1.165) is 10.2 Å². The summed E-state index contributed by atoms with van der Waals surface area (Å²) in [5, 5.41) is 0. The van der Waals surface area contributed by atoms with Gasteiger partial charge >= 0.3 is 6.01 Å². The molecule has 0 bridgehead atoms. The topological polar surface area (TPSA) is 53.1 Å². The molecule has 4 nitrogen and oxygen atoms in total. The van der Waals surface area contributed by atoms with Gasteiger partial charge in [-0.15, -0.1) is 0 Å². The first kappa shape index (κ1) is 12.0. The molecule has 0 unspecified atom stereocenters. The number of anilines is 1. The average molecular weight is 296 g/mol. The Bertz CT molecular complexity index is 522. The fraction of sp³-hybridized carbons (Fsp3) is 0.250. The Hall–Kier alpha value is -1.49. The van der Waals surface area contributed by atoms with Crippen molar-refractivity contribution in [2.24, 2.45) is 0 Å². The van der Waals surface area contributed by atoms with Crippen LogP contribution in [0.5, 0.6) is 11.8 Å². The molecular formula is C12H14BrN3O. The third-order valence-electron chi connectivity index (χ3n) is 2.28. The molecule has 0 aliphatic carbocycles. The van der Waals surface area contributed by atoms with Crippen LogP contribution in [0.2, 0.25) is 0 Å². The van der Waals surface area contributed by atoms with Crippen molar-refractivity contribution in [2.75, 3.05) is 5.73 Å². The van der Waals surface area contributed by atoms with Gasteiger partial charge in [-0.1, -0.05) is 22.0 Å². The molecule has 1 aromatic carbocycles. The van der Waals surface area contributed by atoms with E-state index >= 15 is 0 Å². The normalized spacial score (nSPS) is 10.8. The monoisotopic (exact) mass is 295 g/mol. The Kier molecular flexibility index (Phi) is 3.38. The highest BCUT2D eigenvalue weighted by molar-refractivity contribution is 9.10. The van der Waals surface area contributed by atoms with Gasteiger partial charge in [-0.25, -0.2) is 0 Å². The summed E-state index contributed by atoms with van der Waals surface area (Å²) in [6.07, 6.45) is 1.78. The van der Waals surface area contributed by atoms with E-state index in [-0.39, 0.29) is 6.04 Å². The third kappa shape index (κ3) is 2.79. The fourth-order valence-electron chi connectivity index (χ4n) is 1.48. The SMILES string of the molecule is CC(C)n1cc(N)nc1Oc1cccc(Br)c1. The van der Waals surface area contributed by atoms with Crippen molar-refractivity contribution < 1.29 is 4.74 Å². The van der Waals surface area contributed by atoms with Gasteiger partial charge < -0.3 is 10.5 Å². The maximum Gasteiger partial charge on any atom is 0.304 e. The first-order valence-corrected chi connectivity index (χ1v) is 6.13. The van der Waals surface area contributed by atoms with Gasteiger partial charge in [-0.2, -0.15) is 4.98 Å². The van der Waals surface area contributed by atoms with Gasteiger partial charge in [0, 0.05) is 10.5 Å². The maximum absolute atomic E-state index is 5.71. The van der Waals surface area contributed by atoms with Crippen molar-refractivity contribution in [3.05, 3.63) is 34.9 Å². The van der Waals surface area contributed by atoms with Gasteiger partial charge in [0.25, 0.3) is 0 Å². The lowest BCUT2D eigenvalue weighted by Gasteiger charge is -2.11. The van der Waals surface area contributed by atoms with Crippen molar-refractivity contribution >= 4 is 21.7 Å². The molecule has 1 heterocycles. The zero-order valence-corrected chi connectivity index (χ0v) is 11.3. The van der Waals surface area contributed by atoms with Crippen LogP contribution in [0.4, 0.5) is 5.82 Å². The van der Waals surface area contributed by atoms with Gasteiger partial charge in [-0.05, 0) is 32.0 Å². The first-order valence-electron chi connectivity index (χ1n) is 5.34. The van der Waals surface area contributed by atoms with Gasteiger partial charge in [0.15, 0.2) is 0 Å². The molecular weight excluding hydrogens is 282 g/mol. The molecule has 0 fully saturated rings. The summed E-state index contributed by atoms with van der Waals surface area (Å²) >= 11 is 3.40. The summed E-state index contributed by atoms with van der Waals surface area (Å²) in [5.41, 5.74) is 5.68. The Morgan fingerprint density at radius 3 is 2.82 bits per heavy atom. The molecule has 0 saturated carbocycles. The second kappa shape index (κ2) is 4.79. The highest BCUT2D eigenvalue weighted by Crippen LogP contribution is 2.26. The number of hydrogen-bond acceptors (Lipinski definition) is 3. The van der Waals surface area contributed by atoms with E-state index in [0.29, 0.717) is 11.8 Å². The molecule has 0 amide bonds. The number of rotatable bonds is 3. The summed E-state index contributed by atoms with van der Waals surface area (Å²) in [6.45, 7) is 4.10. The molecule has 2 rings (SSSR count). The van der Waals surface area contributed by atoms with Crippen LogP contribution in [-0.4, -0.2) is 9.55 Å². The molecule has 0 radical (unpaired) electrons. The van der Waals surface area contributed by atoms with Crippen molar-refractivity contribution in [1.29, 1.82) is 0 Å². The Balaban J connectivity index is 2.29. The predicted molar refractivity (Wildman–Crippen MR) is 71.2 cm³/mol. The van der Waals surface area contributed by atoms with Gasteiger partial charge in [0.2, 0.25) is 0 Å². The smallest absolute Gasteiger partial charge is 0.304 e. The van der Waals surface area contributed by atoms with Crippen LogP contribution in [0.15, 0.2) is 34.9 Å². The molecule has 0 aliphatic rings. The van der Waals surface area contributed by atoms with Crippen LogP contribution < -0.4 is 10.5 Å². The minimum atomic E-state index is 0.252.